The largest absolute Gasteiger partial charge is 0.463 e. The molecule has 0 aromatic rings. The van der Waals surface area contributed by atoms with Crippen LogP contribution in [0, 0.1) is 5.92 Å². The van der Waals surface area contributed by atoms with Gasteiger partial charge in [0, 0.05) is 12.8 Å². The van der Waals surface area contributed by atoms with E-state index < -0.39 is 6.10 Å². The van der Waals surface area contributed by atoms with Crippen LogP contribution in [0.1, 0.15) is 156 Å². The lowest BCUT2D eigenvalue weighted by Crippen LogP contribution is -2.25. The molecule has 0 radical (unpaired) electrons. The lowest BCUT2D eigenvalue weighted by Gasteiger charge is -2.12. The second-order valence-electron chi connectivity index (χ2n) is 13.0. The Morgan fingerprint density at radius 1 is 0.574 bits per heavy atom. The average Bonchev–Trinajstić information content (AvgIpc) is 3.05. The van der Waals surface area contributed by atoms with Crippen LogP contribution in [-0.2, 0) is 19.1 Å². The summed E-state index contributed by atoms with van der Waals surface area (Å²) in [5, 5.41) is 19.4. The van der Waals surface area contributed by atoms with Crippen molar-refractivity contribution in [1.82, 2.24) is 0 Å². The van der Waals surface area contributed by atoms with Gasteiger partial charge in [0.2, 0.25) is 0 Å². The molecule has 0 saturated heterocycles. The van der Waals surface area contributed by atoms with Crippen LogP contribution in [0.2, 0.25) is 0 Å². The molecular formula is C41H70O6. The molecule has 47 heavy (non-hydrogen) atoms. The van der Waals surface area contributed by atoms with Crippen molar-refractivity contribution in [1.29, 1.82) is 0 Å². The number of hydrogen-bond acceptors (Lipinski definition) is 6. The van der Waals surface area contributed by atoms with Crippen molar-refractivity contribution in [2.45, 2.75) is 168 Å². The maximum Gasteiger partial charge on any atom is 0.305 e. The Balaban J connectivity index is 3.58. The first kappa shape index (κ1) is 44.6. The number of hydrogen-bond donors (Lipinski definition) is 2. The van der Waals surface area contributed by atoms with Gasteiger partial charge in [-0.1, -0.05) is 159 Å². The van der Waals surface area contributed by atoms with Crippen LogP contribution in [0.15, 0.2) is 60.8 Å². The fourth-order valence-electron chi connectivity index (χ4n) is 4.84. The van der Waals surface area contributed by atoms with Gasteiger partial charge < -0.3 is 19.7 Å². The molecule has 2 N–H and O–H groups in total. The maximum atomic E-state index is 11.9. The van der Waals surface area contributed by atoms with Crippen LogP contribution >= 0.6 is 0 Å². The number of carbonyl (C=O) groups excluding carboxylic acids is 2. The van der Waals surface area contributed by atoms with Crippen molar-refractivity contribution in [3.63, 3.8) is 0 Å². The molecule has 270 valence electrons. The fourth-order valence-corrected chi connectivity index (χ4v) is 4.84. The van der Waals surface area contributed by atoms with Gasteiger partial charge in [0.25, 0.3) is 0 Å². The number of esters is 2. The normalized spacial score (nSPS) is 13.7. The van der Waals surface area contributed by atoms with E-state index in [-0.39, 0.29) is 31.3 Å². The van der Waals surface area contributed by atoms with Gasteiger partial charge in [-0.25, -0.2) is 0 Å². The van der Waals surface area contributed by atoms with Crippen molar-refractivity contribution in [2.24, 2.45) is 5.92 Å². The summed E-state index contributed by atoms with van der Waals surface area (Å²) in [5.74, 6) is 0.182. The third-order valence-corrected chi connectivity index (χ3v) is 7.85. The highest BCUT2D eigenvalue weighted by Gasteiger charge is 2.12. The van der Waals surface area contributed by atoms with Gasteiger partial charge in [-0.05, 0) is 50.9 Å². The van der Waals surface area contributed by atoms with Crippen LogP contribution in [-0.4, -0.2) is 47.6 Å². The minimum atomic E-state index is -0.997. The standard InChI is InChI=1S/C41H70O6/c1-4-38(42)32-28-24-20-16-12-7-5-6-8-13-17-21-25-29-33-40(44)46-35-39(43)36-47-41(45)34-30-26-22-18-14-10-9-11-15-19-23-27-31-37(2)3/h6-8,12,17,20-21,24,28,32,37-39,42-43H,4-5,9-11,13-16,18-19,22-23,25-27,29-31,33-36H2,1-3H3/b8-6-,12-7-,21-17-,24-20-,32-28+/t38-,39+/m0/s1. The molecule has 0 unspecified atom stereocenters. The smallest absolute Gasteiger partial charge is 0.305 e. The number of aliphatic hydroxyl groups excluding tert-OH is 2. The topological polar surface area (TPSA) is 93.1 Å². The van der Waals surface area contributed by atoms with E-state index >= 15 is 0 Å². The predicted octanol–water partition coefficient (Wildman–Crippen LogP) is 10.4. The van der Waals surface area contributed by atoms with Crippen molar-refractivity contribution in [3.8, 4) is 0 Å². The van der Waals surface area contributed by atoms with Crippen molar-refractivity contribution >= 4 is 11.9 Å². The molecule has 0 rings (SSSR count). The minimum Gasteiger partial charge on any atom is -0.463 e. The highest BCUT2D eigenvalue weighted by atomic mass is 16.6. The van der Waals surface area contributed by atoms with Crippen molar-refractivity contribution in [3.05, 3.63) is 60.8 Å². The Morgan fingerprint density at radius 2 is 1.02 bits per heavy atom. The molecule has 0 bridgehead atoms. The summed E-state index contributed by atoms with van der Waals surface area (Å²) < 4.78 is 10.3. The van der Waals surface area contributed by atoms with Gasteiger partial charge in [-0.15, -0.1) is 0 Å². The molecule has 0 aliphatic carbocycles. The molecule has 6 nitrogen and oxygen atoms in total. The third kappa shape index (κ3) is 36.2. The first-order valence-electron chi connectivity index (χ1n) is 18.8. The Labute approximate surface area is 288 Å². The van der Waals surface area contributed by atoms with E-state index in [1.807, 2.05) is 19.1 Å². The molecule has 0 fully saturated rings. The number of rotatable bonds is 32. The van der Waals surface area contributed by atoms with E-state index in [0.29, 0.717) is 19.3 Å². The van der Waals surface area contributed by atoms with Crippen LogP contribution in [0.5, 0.6) is 0 Å². The van der Waals surface area contributed by atoms with Crippen LogP contribution in [0.4, 0.5) is 0 Å². The van der Waals surface area contributed by atoms with Crippen LogP contribution < -0.4 is 0 Å². The lowest BCUT2D eigenvalue weighted by molar-refractivity contribution is -0.152. The fraction of sp³-hybridized carbons (Fsp3) is 0.707. The quantitative estimate of drug-likeness (QED) is 0.0323. The number of ether oxygens (including phenoxy) is 2. The van der Waals surface area contributed by atoms with Gasteiger partial charge >= 0.3 is 11.9 Å². The highest BCUT2D eigenvalue weighted by molar-refractivity contribution is 5.69. The Bertz CT molecular complexity index is 869. The molecule has 0 aromatic carbocycles. The van der Waals surface area contributed by atoms with E-state index in [0.717, 1.165) is 57.3 Å². The molecule has 0 saturated carbocycles. The summed E-state index contributed by atoms with van der Waals surface area (Å²) in [6.07, 6.45) is 40.8. The van der Waals surface area contributed by atoms with Gasteiger partial charge in [-0.2, -0.15) is 0 Å². The second-order valence-corrected chi connectivity index (χ2v) is 13.0. The molecular weight excluding hydrogens is 588 g/mol. The highest BCUT2D eigenvalue weighted by Crippen LogP contribution is 2.14. The zero-order valence-electron chi connectivity index (χ0n) is 30.3. The number of allylic oxidation sites excluding steroid dienone is 9. The first-order chi connectivity index (χ1) is 22.8. The van der Waals surface area contributed by atoms with Gasteiger partial charge in [0.15, 0.2) is 0 Å². The van der Waals surface area contributed by atoms with E-state index in [9.17, 15) is 19.8 Å². The Morgan fingerprint density at radius 3 is 1.53 bits per heavy atom. The van der Waals surface area contributed by atoms with Gasteiger partial charge in [0.1, 0.15) is 19.3 Å². The second kappa shape index (κ2) is 34.9. The van der Waals surface area contributed by atoms with E-state index in [1.54, 1.807) is 6.08 Å². The molecule has 0 amide bonds. The molecule has 0 aliphatic rings. The molecule has 6 heteroatoms. The third-order valence-electron chi connectivity index (χ3n) is 7.85. The maximum absolute atomic E-state index is 11.9. The monoisotopic (exact) mass is 659 g/mol. The van der Waals surface area contributed by atoms with E-state index in [4.69, 9.17) is 9.47 Å². The Kier molecular flexibility index (Phi) is 33.1. The summed E-state index contributed by atoms with van der Waals surface area (Å²) in [7, 11) is 0. The number of carbonyl (C=O) groups is 2. The van der Waals surface area contributed by atoms with E-state index in [2.05, 4.69) is 56.4 Å². The number of aliphatic hydroxyl groups is 2. The molecule has 0 aliphatic heterocycles. The lowest BCUT2D eigenvalue weighted by atomic mass is 10.0. The summed E-state index contributed by atoms with van der Waals surface area (Å²) in [6, 6.07) is 0. The van der Waals surface area contributed by atoms with Crippen molar-refractivity contribution < 1.29 is 29.3 Å². The van der Waals surface area contributed by atoms with Gasteiger partial charge in [0.05, 0.1) is 6.10 Å². The average molecular weight is 659 g/mol. The summed E-state index contributed by atoms with van der Waals surface area (Å²) in [6.45, 7) is 6.25. The summed E-state index contributed by atoms with van der Waals surface area (Å²) in [5.41, 5.74) is 0. The molecule has 0 heterocycles. The zero-order chi connectivity index (χ0) is 34.6. The predicted molar refractivity (Wildman–Crippen MR) is 197 cm³/mol. The molecule has 2 atom stereocenters. The Hall–Kier alpha value is -2.44. The molecule has 0 aromatic heterocycles. The van der Waals surface area contributed by atoms with Crippen molar-refractivity contribution in [2.75, 3.05) is 13.2 Å². The van der Waals surface area contributed by atoms with Crippen LogP contribution in [0.25, 0.3) is 0 Å². The number of unbranched alkanes of at least 4 members (excludes halogenated alkanes) is 12. The minimum absolute atomic E-state index is 0.143. The summed E-state index contributed by atoms with van der Waals surface area (Å²) in [4.78, 5) is 23.9. The zero-order valence-corrected chi connectivity index (χ0v) is 30.3. The first-order valence-corrected chi connectivity index (χ1v) is 18.8. The van der Waals surface area contributed by atoms with Crippen LogP contribution in [0.3, 0.4) is 0 Å². The van der Waals surface area contributed by atoms with Gasteiger partial charge in [-0.3, -0.25) is 9.59 Å². The SMILES string of the molecule is CC[C@H](O)/C=C/C=C\C/C=C\C/C=C\C/C=C\CCCC(=O)OC[C@@H](O)COC(=O)CCCCCCCCCCCCCCC(C)C. The van der Waals surface area contributed by atoms with E-state index in [1.165, 1.54) is 64.2 Å². The summed E-state index contributed by atoms with van der Waals surface area (Å²) >= 11 is 0. The molecule has 0 spiro atoms.